The lowest BCUT2D eigenvalue weighted by Crippen LogP contribution is -2.44. The maximum absolute atomic E-state index is 9.60. The first-order chi connectivity index (χ1) is 6.04. The monoisotopic (exact) mass is 188 g/mol. The molecule has 1 aliphatic heterocycles. The van der Waals surface area contributed by atoms with Gasteiger partial charge in [0, 0.05) is 12.5 Å². The summed E-state index contributed by atoms with van der Waals surface area (Å²) in [5, 5.41) is 19.1. The SMILES string of the molecule is CC(O)C1C(C)COC[C@H]1C(C)O. The van der Waals surface area contributed by atoms with Crippen molar-refractivity contribution < 1.29 is 14.9 Å². The Labute approximate surface area is 79.7 Å². The molecule has 0 saturated carbocycles. The Kier molecular flexibility index (Phi) is 3.71. The lowest BCUT2D eigenvalue weighted by Gasteiger charge is -2.39. The molecule has 1 saturated heterocycles. The van der Waals surface area contributed by atoms with Crippen LogP contribution in [-0.2, 0) is 4.74 Å². The molecular formula is C10H20O3. The molecule has 4 unspecified atom stereocenters. The molecule has 0 bridgehead atoms. The molecule has 1 fully saturated rings. The summed E-state index contributed by atoms with van der Waals surface area (Å²) in [6.45, 7) is 6.88. The van der Waals surface area contributed by atoms with Crippen molar-refractivity contribution in [3.8, 4) is 0 Å². The van der Waals surface area contributed by atoms with Gasteiger partial charge in [-0.2, -0.15) is 0 Å². The average molecular weight is 188 g/mol. The van der Waals surface area contributed by atoms with Crippen LogP contribution in [0.15, 0.2) is 0 Å². The van der Waals surface area contributed by atoms with E-state index in [9.17, 15) is 10.2 Å². The smallest absolute Gasteiger partial charge is 0.0566 e. The second-order valence-corrected chi connectivity index (χ2v) is 4.24. The van der Waals surface area contributed by atoms with Gasteiger partial charge in [0.15, 0.2) is 0 Å². The molecule has 0 amide bonds. The van der Waals surface area contributed by atoms with E-state index in [0.29, 0.717) is 19.1 Å². The van der Waals surface area contributed by atoms with Crippen molar-refractivity contribution in [1.82, 2.24) is 0 Å². The Bertz CT molecular complexity index is 156. The minimum Gasteiger partial charge on any atom is -0.393 e. The second kappa shape index (κ2) is 4.40. The zero-order valence-electron chi connectivity index (χ0n) is 8.60. The van der Waals surface area contributed by atoms with Crippen LogP contribution >= 0.6 is 0 Å². The highest BCUT2D eigenvalue weighted by Gasteiger charge is 2.36. The van der Waals surface area contributed by atoms with Crippen molar-refractivity contribution in [1.29, 1.82) is 0 Å². The second-order valence-electron chi connectivity index (χ2n) is 4.24. The minimum atomic E-state index is -0.401. The fraction of sp³-hybridized carbons (Fsp3) is 1.00. The summed E-state index contributed by atoms with van der Waals surface area (Å²) in [4.78, 5) is 0. The Morgan fingerprint density at radius 3 is 2.15 bits per heavy atom. The van der Waals surface area contributed by atoms with Crippen LogP contribution < -0.4 is 0 Å². The van der Waals surface area contributed by atoms with E-state index in [0.717, 1.165) is 0 Å². The normalized spacial score (nSPS) is 39.9. The standard InChI is InChI=1S/C10H20O3/c1-6-4-13-5-9(7(2)11)10(6)8(3)12/h6-12H,4-5H2,1-3H3/t6?,7?,8?,9-,10?/m0/s1. The Hall–Kier alpha value is -0.120. The van der Waals surface area contributed by atoms with Gasteiger partial charge in [-0.25, -0.2) is 0 Å². The fourth-order valence-corrected chi connectivity index (χ4v) is 2.33. The van der Waals surface area contributed by atoms with Gasteiger partial charge < -0.3 is 14.9 Å². The van der Waals surface area contributed by atoms with E-state index in [1.54, 1.807) is 13.8 Å². The molecule has 13 heavy (non-hydrogen) atoms. The molecule has 0 aromatic carbocycles. The van der Waals surface area contributed by atoms with Gasteiger partial charge in [-0.05, 0) is 25.7 Å². The highest BCUT2D eigenvalue weighted by molar-refractivity contribution is 4.84. The van der Waals surface area contributed by atoms with Gasteiger partial charge in [-0.1, -0.05) is 6.92 Å². The van der Waals surface area contributed by atoms with Crippen LogP contribution in [0.2, 0.25) is 0 Å². The molecule has 5 atom stereocenters. The summed E-state index contributed by atoms with van der Waals surface area (Å²) < 4.78 is 5.36. The molecule has 2 N–H and O–H groups in total. The van der Waals surface area contributed by atoms with Crippen molar-refractivity contribution in [2.24, 2.45) is 17.8 Å². The van der Waals surface area contributed by atoms with Crippen molar-refractivity contribution in [2.75, 3.05) is 13.2 Å². The van der Waals surface area contributed by atoms with Gasteiger partial charge in [0.25, 0.3) is 0 Å². The van der Waals surface area contributed by atoms with Crippen LogP contribution in [0.3, 0.4) is 0 Å². The van der Waals surface area contributed by atoms with E-state index >= 15 is 0 Å². The van der Waals surface area contributed by atoms with E-state index in [-0.39, 0.29) is 17.9 Å². The van der Waals surface area contributed by atoms with E-state index in [4.69, 9.17) is 4.74 Å². The van der Waals surface area contributed by atoms with Crippen LogP contribution in [0.1, 0.15) is 20.8 Å². The van der Waals surface area contributed by atoms with Gasteiger partial charge in [0.2, 0.25) is 0 Å². The zero-order valence-corrected chi connectivity index (χ0v) is 8.60. The molecule has 0 aromatic rings. The molecule has 3 nitrogen and oxygen atoms in total. The molecular weight excluding hydrogens is 168 g/mol. The van der Waals surface area contributed by atoms with Crippen molar-refractivity contribution in [3.63, 3.8) is 0 Å². The first kappa shape index (κ1) is 11.0. The molecule has 0 spiro atoms. The van der Waals surface area contributed by atoms with Crippen LogP contribution in [0.5, 0.6) is 0 Å². The zero-order chi connectivity index (χ0) is 10.0. The summed E-state index contributed by atoms with van der Waals surface area (Å²) in [7, 11) is 0. The minimum absolute atomic E-state index is 0.0729. The van der Waals surface area contributed by atoms with Crippen LogP contribution in [-0.4, -0.2) is 35.6 Å². The van der Waals surface area contributed by atoms with Crippen molar-refractivity contribution in [2.45, 2.75) is 33.0 Å². The maximum Gasteiger partial charge on any atom is 0.0566 e. The lowest BCUT2D eigenvalue weighted by atomic mass is 9.76. The number of aliphatic hydroxyl groups is 2. The third-order valence-electron chi connectivity index (χ3n) is 3.02. The maximum atomic E-state index is 9.60. The van der Waals surface area contributed by atoms with Gasteiger partial charge in [0.1, 0.15) is 0 Å². The molecule has 1 heterocycles. The first-order valence-electron chi connectivity index (χ1n) is 4.98. The topological polar surface area (TPSA) is 49.7 Å². The van der Waals surface area contributed by atoms with Crippen molar-refractivity contribution >= 4 is 0 Å². The molecule has 0 aliphatic carbocycles. The number of hydrogen-bond acceptors (Lipinski definition) is 3. The van der Waals surface area contributed by atoms with Crippen LogP contribution in [0, 0.1) is 17.8 Å². The number of ether oxygens (including phenoxy) is 1. The number of hydrogen-bond donors (Lipinski definition) is 2. The fourth-order valence-electron chi connectivity index (χ4n) is 2.33. The summed E-state index contributed by atoms with van der Waals surface area (Å²) in [5.74, 6) is 0.561. The molecule has 0 radical (unpaired) electrons. The summed E-state index contributed by atoms with van der Waals surface area (Å²) in [5.41, 5.74) is 0. The third kappa shape index (κ3) is 2.42. The van der Waals surface area contributed by atoms with E-state index in [1.165, 1.54) is 0 Å². The van der Waals surface area contributed by atoms with E-state index in [1.807, 2.05) is 0 Å². The van der Waals surface area contributed by atoms with Gasteiger partial charge in [-0.15, -0.1) is 0 Å². The molecule has 1 rings (SSSR count). The summed E-state index contributed by atoms with van der Waals surface area (Å²) in [6.07, 6.45) is -0.763. The first-order valence-corrected chi connectivity index (χ1v) is 4.98. The molecule has 3 heteroatoms. The van der Waals surface area contributed by atoms with Crippen LogP contribution in [0.4, 0.5) is 0 Å². The molecule has 78 valence electrons. The van der Waals surface area contributed by atoms with Gasteiger partial charge in [0.05, 0.1) is 18.8 Å². The largest absolute Gasteiger partial charge is 0.393 e. The number of aliphatic hydroxyl groups excluding tert-OH is 2. The Morgan fingerprint density at radius 2 is 1.77 bits per heavy atom. The lowest BCUT2D eigenvalue weighted by molar-refractivity contribution is -0.102. The molecule has 1 aliphatic rings. The van der Waals surface area contributed by atoms with Crippen molar-refractivity contribution in [3.05, 3.63) is 0 Å². The third-order valence-corrected chi connectivity index (χ3v) is 3.02. The summed E-state index contributed by atoms with van der Waals surface area (Å²) in [6, 6.07) is 0. The highest BCUT2D eigenvalue weighted by atomic mass is 16.5. The average Bonchev–Trinajstić information content (AvgIpc) is 2.02. The summed E-state index contributed by atoms with van der Waals surface area (Å²) >= 11 is 0. The predicted octanol–water partition coefficient (Wildman–Crippen LogP) is 0.647. The number of rotatable bonds is 2. The van der Waals surface area contributed by atoms with Gasteiger partial charge in [-0.3, -0.25) is 0 Å². The Morgan fingerprint density at radius 1 is 1.15 bits per heavy atom. The Balaban J connectivity index is 2.68. The highest BCUT2D eigenvalue weighted by Crippen LogP contribution is 2.31. The van der Waals surface area contributed by atoms with E-state index < -0.39 is 6.10 Å². The van der Waals surface area contributed by atoms with E-state index in [2.05, 4.69) is 6.92 Å². The van der Waals surface area contributed by atoms with Crippen LogP contribution in [0.25, 0.3) is 0 Å². The van der Waals surface area contributed by atoms with Gasteiger partial charge >= 0.3 is 0 Å². The quantitative estimate of drug-likeness (QED) is 0.669. The molecule has 0 aromatic heterocycles. The predicted molar refractivity (Wildman–Crippen MR) is 50.3 cm³/mol.